The molecule has 1 aromatic heterocycles. The van der Waals surface area contributed by atoms with E-state index in [0.29, 0.717) is 22.6 Å². The number of methoxy groups -OCH3 is 1. The number of nitro benzene ring substituents is 1. The van der Waals surface area contributed by atoms with E-state index in [9.17, 15) is 19.7 Å². The fourth-order valence-corrected chi connectivity index (χ4v) is 4.91. The summed E-state index contributed by atoms with van der Waals surface area (Å²) in [6.45, 7) is 0.301. The predicted molar refractivity (Wildman–Crippen MR) is 139 cm³/mol. The van der Waals surface area contributed by atoms with Crippen LogP contribution in [-0.2, 0) is 17.9 Å². The van der Waals surface area contributed by atoms with Gasteiger partial charge < -0.3 is 9.47 Å². The number of nitro groups is 1. The highest BCUT2D eigenvalue weighted by Gasteiger charge is 2.35. The molecule has 0 saturated carbocycles. The van der Waals surface area contributed by atoms with Gasteiger partial charge in [0.25, 0.3) is 16.8 Å². The van der Waals surface area contributed by atoms with Crippen LogP contribution in [0.15, 0.2) is 65.7 Å². The van der Waals surface area contributed by atoms with Gasteiger partial charge in [-0.1, -0.05) is 18.2 Å². The topological polar surface area (TPSA) is 112 Å². The predicted octanol–water partition coefficient (Wildman–Crippen LogP) is 5.42. The molecule has 0 spiro atoms. The van der Waals surface area contributed by atoms with Gasteiger partial charge in [0.15, 0.2) is 11.5 Å². The van der Waals surface area contributed by atoms with Crippen molar-refractivity contribution in [2.45, 2.75) is 13.2 Å². The van der Waals surface area contributed by atoms with Gasteiger partial charge >= 0.3 is 0 Å². The Morgan fingerprint density at radius 1 is 1.17 bits per heavy atom. The van der Waals surface area contributed by atoms with Crippen molar-refractivity contribution < 1.29 is 24.0 Å². The maximum Gasteiger partial charge on any atom is 0.293 e. The van der Waals surface area contributed by atoms with E-state index in [2.05, 4.69) is 27.6 Å². The van der Waals surface area contributed by atoms with Gasteiger partial charge in [-0.3, -0.25) is 29.6 Å². The number of carbonyl (C=O) groups excluding carboxylic acids is 2. The van der Waals surface area contributed by atoms with Gasteiger partial charge in [0.2, 0.25) is 0 Å². The fourth-order valence-electron chi connectivity index (χ4n) is 3.29. The molecular weight excluding hydrogens is 585 g/mol. The Kier molecular flexibility index (Phi) is 7.66. The number of ether oxygens (including phenoxy) is 2. The van der Waals surface area contributed by atoms with Crippen molar-refractivity contribution in [2.24, 2.45) is 0 Å². The first-order valence-corrected chi connectivity index (χ1v) is 12.1. The zero-order chi connectivity index (χ0) is 24.9. The largest absolute Gasteiger partial charge is 0.493 e. The minimum absolute atomic E-state index is 0.0289. The van der Waals surface area contributed by atoms with Crippen LogP contribution < -0.4 is 9.47 Å². The summed E-state index contributed by atoms with van der Waals surface area (Å²) >= 11 is 2.97. The molecule has 1 aliphatic heterocycles. The average Bonchev–Trinajstić information content (AvgIpc) is 3.11. The molecule has 1 saturated heterocycles. The number of imide groups is 1. The molecule has 0 bridgehead atoms. The number of aromatic nitrogens is 1. The van der Waals surface area contributed by atoms with E-state index in [1.54, 1.807) is 18.3 Å². The molecular formula is C24H18IN3O6S. The van der Waals surface area contributed by atoms with Gasteiger partial charge in [0.1, 0.15) is 6.61 Å². The maximum atomic E-state index is 12.9. The van der Waals surface area contributed by atoms with Crippen LogP contribution in [0.2, 0.25) is 0 Å². The number of benzene rings is 2. The first-order chi connectivity index (χ1) is 16.9. The normalized spacial score (nSPS) is 14.5. The number of rotatable bonds is 8. The standard InChI is InChI=1S/C24H18IN3O6S/c1-33-20-11-16(10-19(25)22(20)34-14-17-4-2-3-9-26-17)12-21-23(29)27(24(30)35-21)13-15-5-7-18(8-6-15)28(31)32/h2-12H,13-14H2,1H3/b21-12-. The van der Waals surface area contributed by atoms with E-state index in [0.717, 1.165) is 25.9 Å². The number of carbonyl (C=O) groups is 2. The number of thioether (sulfide) groups is 1. The molecule has 4 rings (SSSR count). The van der Waals surface area contributed by atoms with Crippen molar-refractivity contribution in [3.05, 3.63) is 96.2 Å². The second kappa shape index (κ2) is 10.9. The third-order valence-corrected chi connectivity index (χ3v) is 6.71. The number of hydrogen-bond donors (Lipinski definition) is 0. The van der Waals surface area contributed by atoms with E-state index < -0.39 is 16.1 Å². The second-order valence-corrected chi connectivity index (χ2v) is 9.49. The fraction of sp³-hybridized carbons (Fsp3) is 0.125. The zero-order valence-corrected chi connectivity index (χ0v) is 21.3. The quantitative estimate of drug-likeness (QED) is 0.145. The van der Waals surface area contributed by atoms with E-state index >= 15 is 0 Å². The van der Waals surface area contributed by atoms with Crippen molar-refractivity contribution in [3.8, 4) is 11.5 Å². The van der Waals surface area contributed by atoms with Crippen LogP contribution in [0.3, 0.4) is 0 Å². The summed E-state index contributed by atoms with van der Waals surface area (Å²) < 4.78 is 12.2. The van der Waals surface area contributed by atoms with Crippen molar-refractivity contribution >= 4 is 57.3 Å². The molecule has 178 valence electrons. The van der Waals surface area contributed by atoms with Gasteiger partial charge in [-0.15, -0.1) is 0 Å². The lowest BCUT2D eigenvalue weighted by atomic mass is 10.1. The monoisotopic (exact) mass is 603 g/mol. The molecule has 0 N–H and O–H groups in total. The molecule has 1 aliphatic rings. The molecule has 0 aliphatic carbocycles. The molecule has 2 amide bonds. The third kappa shape index (κ3) is 5.80. The number of halogens is 1. The molecule has 0 atom stereocenters. The SMILES string of the molecule is COc1cc(/C=C2\SC(=O)N(Cc3ccc([N+](=O)[O-])cc3)C2=O)cc(I)c1OCc1ccccn1. The van der Waals surface area contributed by atoms with Crippen LogP contribution in [0.1, 0.15) is 16.8 Å². The first kappa shape index (κ1) is 24.7. The number of hydrogen-bond acceptors (Lipinski definition) is 8. The second-order valence-electron chi connectivity index (χ2n) is 7.34. The van der Waals surface area contributed by atoms with Crippen LogP contribution in [0.25, 0.3) is 6.08 Å². The summed E-state index contributed by atoms with van der Waals surface area (Å²) in [6.07, 6.45) is 3.33. The van der Waals surface area contributed by atoms with Gasteiger partial charge in [0.05, 0.1) is 32.7 Å². The molecule has 2 aromatic carbocycles. The zero-order valence-electron chi connectivity index (χ0n) is 18.3. The van der Waals surface area contributed by atoms with E-state index in [4.69, 9.17) is 9.47 Å². The summed E-state index contributed by atoms with van der Waals surface area (Å²) in [4.78, 5) is 41.4. The Morgan fingerprint density at radius 3 is 2.60 bits per heavy atom. The molecule has 1 fully saturated rings. The van der Waals surface area contributed by atoms with Crippen LogP contribution in [0.5, 0.6) is 11.5 Å². The Labute approximate surface area is 218 Å². The van der Waals surface area contributed by atoms with Crippen LogP contribution in [0.4, 0.5) is 10.5 Å². The van der Waals surface area contributed by atoms with Crippen LogP contribution in [0, 0.1) is 13.7 Å². The summed E-state index contributed by atoms with van der Waals surface area (Å²) in [7, 11) is 1.53. The minimum atomic E-state index is -0.503. The maximum absolute atomic E-state index is 12.9. The highest BCUT2D eigenvalue weighted by atomic mass is 127. The minimum Gasteiger partial charge on any atom is -0.493 e. The summed E-state index contributed by atoms with van der Waals surface area (Å²) in [5.41, 5.74) is 2.01. The van der Waals surface area contributed by atoms with E-state index in [1.165, 1.54) is 31.4 Å². The molecule has 35 heavy (non-hydrogen) atoms. The number of non-ortho nitro benzene ring substituents is 1. The molecule has 2 heterocycles. The van der Waals surface area contributed by atoms with Crippen molar-refractivity contribution in [1.29, 1.82) is 0 Å². The average molecular weight is 603 g/mol. The van der Waals surface area contributed by atoms with Gasteiger partial charge in [-0.2, -0.15) is 0 Å². The molecule has 9 nitrogen and oxygen atoms in total. The third-order valence-electron chi connectivity index (χ3n) is 5.00. The Balaban J connectivity index is 1.51. The molecule has 11 heteroatoms. The van der Waals surface area contributed by atoms with Crippen molar-refractivity contribution in [3.63, 3.8) is 0 Å². The van der Waals surface area contributed by atoms with Gasteiger partial charge in [0, 0.05) is 18.3 Å². The summed E-state index contributed by atoms with van der Waals surface area (Å²) in [5.74, 6) is 0.620. The lowest BCUT2D eigenvalue weighted by Crippen LogP contribution is -2.27. The van der Waals surface area contributed by atoms with E-state index in [-0.39, 0.29) is 23.7 Å². The highest BCUT2D eigenvalue weighted by Crippen LogP contribution is 2.38. The van der Waals surface area contributed by atoms with E-state index in [1.807, 2.05) is 24.3 Å². The molecule has 3 aromatic rings. The van der Waals surface area contributed by atoms with Crippen molar-refractivity contribution in [1.82, 2.24) is 9.88 Å². The Bertz CT molecular complexity index is 1310. The number of nitrogens with zero attached hydrogens (tertiary/aromatic N) is 3. The Hall–Kier alpha value is -3.45. The highest BCUT2D eigenvalue weighted by molar-refractivity contribution is 14.1. The lowest BCUT2D eigenvalue weighted by molar-refractivity contribution is -0.384. The molecule has 0 radical (unpaired) electrons. The summed E-state index contributed by atoms with van der Waals surface area (Å²) in [5, 5.41) is 10.4. The first-order valence-electron chi connectivity index (χ1n) is 10.2. The van der Waals surface area contributed by atoms with Crippen LogP contribution in [-0.4, -0.2) is 33.1 Å². The number of amides is 2. The summed E-state index contributed by atoms with van der Waals surface area (Å²) in [6, 6.07) is 14.9. The molecule has 0 unspecified atom stereocenters. The van der Waals surface area contributed by atoms with Crippen molar-refractivity contribution in [2.75, 3.05) is 7.11 Å². The van der Waals surface area contributed by atoms with Gasteiger partial charge in [-0.05, 0) is 75.8 Å². The number of pyridine rings is 1. The van der Waals surface area contributed by atoms with Gasteiger partial charge in [-0.25, -0.2) is 0 Å². The Morgan fingerprint density at radius 2 is 1.94 bits per heavy atom. The lowest BCUT2D eigenvalue weighted by Gasteiger charge is -2.14. The van der Waals surface area contributed by atoms with Crippen LogP contribution >= 0.6 is 34.4 Å². The smallest absolute Gasteiger partial charge is 0.293 e.